The van der Waals surface area contributed by atoms with Gasteiger partial charge in [0.15, 0.2) is 5.58 Å². The molecule has 2 heterocycles. The van der Waals surface area contributed by atoms with Crippen LogP contribution in [0.15, 0.2) is 28.7 Å². The van der Waals surface area contributed by atoms with Gasteiger partial charge >= 0.3 is 0 Å². The SMILES string of the molecule is O=C1CC[C@H](Nc2nc3ccccc3o2)CCN1. The van der Waals surface area contributed by atoms with Crippen LogP contribution >= 0.6 is 0 Å². The monoisotopic (exact) mass is 245 g/mol. The first-order chi connectivity index (χ1) is 8.81. The van der Waals surface area contributed by atoms with E-state index in [1.54, 1.807) is 0 Å². The molecule has 0 saturated carbocycles. The summed E-state index contributed by atoms with van der Waals surface area (Å²) in [6.45, 7) is 0.705. The summed E-state index contributed by atoms with van der Waals surface area (Å²) < 4.78 is 5.61. The highest BCUT2D eigenvalue weighted by Crippen LogP contribution is 2.20. The first kappa shape index (κ1) is 11.1. The molecule has 2 aromatic rings. The number of fused-ring (bicyclic) bond motifs is 1. The highest BCUT2D eigenvalue weighted by molar-refractivity contribution is 5.76. The number of nitrogens with zero attached hydrogens (tertiary/aromatic N) is 1. The first-order valence-corrected chi connectivity index (χ1v) is 6.20. The van der Waals surface area contributed by atoms with Gasteiger partial charge in [0.2, 0.25) is 5.91 Å². The Hall–Kier alpha value is -2.04. The van der Waals surface area contributed by atoms with E-state index in [-0.39, 0.29) is 11.9 Å². The molecule has 0 aliphatic carbocycles. The number of carbonyl (C=O) groups is 1. The van der Waals surface area contributed by atoms with Gasteiger partial charge in [-0.05, 0) is 25.0 Å². The molecule has 1 amide bonds. The van der Waals surface area contributed by atoms with Crippen molar-refractivity contribution in [1.82, 2.24) is 10.3 Å². The lowest BCUT2D eigenvalue weighted by atomic mass is 10.1. The molecule has 0 unspecified atom stereocenters. The first-order valence-electron chi connectivity index (χ1n) is 6.20. The van der Waals surface area contributed by atoms with Crippen molar-refractivity contribution in [3.05, 3.63) is 24.3 Å². The molecule has 0 bridgehead atoms. The van der Waals surface area contributed by atoms with Gasteiger partial charge in [-0.1, -0.05) is 12.1 Å². The molecule has 5 nitrogen and oxygen atoms in total. The summed E-state index contributed by atoms with van der Waals surface area (Å²) in [5.74, 6) is 0.122. The summed E-state index contributed by atoms with van der Waals surface area (Å²) in [6.07, 6.45) is 2.26. The van der Waals surface area contributed by atoms with Gasteiger partial charge in [0.05, 0.1) is 0 Å². The third-order valence-electron chi connectivity index (χ3n) is 3.16. The highest BCUT2D eigenvalue weighted by Gasteiger charge is 2.17. The van der Waals surface area contributed by atoms with E-state index in [4.69, 9.17) is 4.42 Å². The van der Waals surface area contributed by atoms with Gasteiger partial charge in [0.1, 0.15) is 5.52 Å². The standard InChI is InChI=1S/C13H15N3O2/c17-12-6-5-9(7-8-14-12)15-13-16-10-3-1-2-4-11(10)18-13/h1-4,9H,5-8H2,(H,14,17)(H,15,16)/t9-/m0/s1. The summed E-state index contributed by atoms with van der Waals surface area (Å²) in [6, 6.07) is 8.44. The van der Waals surface area contributed by atoms with E-state index in [9.17, 15) is 4.79 Å². The largest absolute Gasteiger partial charge is 0.424 e. The summed E-state index contributed by atoms with van der Waals surface area (Å²) in [7, 11) is 0. The Labute approximate surface area is 105 Å². The second kappa shape index (κ2) is 4.68. The number of aromatic nitrogens is 1. The minimum absolute atomic E-state index is 0.122. The Morgan fingerprint density at radius 1 is 1.33 bits per heavy atom. The van der Waals surface area contributed by atoms with E-state index in [0.717, 1.165) is 23.9 Å². The molecule has 94 valence electrons. The number of benzene rings is 1. The van der Waals surface area contributed by atoms with Crippen LogP contribution in [0.25, 0.3) is 11.1 Å². The van der Waals surface area contributed by atoms with Crippen molar-refractivity contribution in [3.8, 4) is 0 Å². The lowest BCUT2D eigenvalue weighted by Crippen LogP contribution is -2.23. The number of amides is 1. The van der Waals surface area contributed by atoms with Gasteiger partial charge in [-0.2, -0.15) is 4.98 Å². The quantitative estimate of drug-likeness (QED) is 0.848. The van der Waals surface area contributed by atoms with Crippen LogP contribution in [0.1, 0.15) is 19.3 Å². The number of para-hydroxylation sites is 2. The van der Waals surface area contributed by atoms with Crippen LogP contribution in [0, 0.1) is 0 Å². The predicted molar refractivity (Wildman–Crippen MR) is 68.3 cm³/mol. The number of rotatable bonds is 2. The van der Waals surface area contributed by atoms with Crippen LogP contribution in [-0.4, -0.2) is 23.5 Å². The molecule has 1 aromatic heterocycles. The van der Waals surface area contributed by atoms with Gasteiger partial charge < -0.3 is 15.1 Å². The van der Waals surface area contributed by atoms with E-state index in [1.165, 1.54) is 0 Å². The van der Waals surface area contributed by atoms with E-state index >= 15 is 0 Å². The second-order valence-electron chi connectivity index (χ2n) is 4.51. The molecule has 1 fully saturated rings. The van der Waals surface area contributed by atoms with Crippen molar-refractivity contribution < 1.29 is 9.21 Å². The van der Waals surface area contributed by atoms with Crippen LogP contribution < -0.4 is 10.6 Å². The van der Waals surface area contributed by atoms with Crippen LogP contribution in [0.5, 0.6) is 0 Å². The Morgan fingerprint density at radius 3 is 3.11 bits per heavy atom. The van der Waals surface area contributed by atoms with Crippen LogP contribution in [0.2, 0.25) is 0 Å². The van der Waals surface area contributed by atoms with Crippen molar-refractivity contribution in [2.75, 3.05) is 11.9 Å². The van der Waals surface area contributed by atoms with Crippen molar-refractivity contribution in [1.29, 1.82) is 0 Å². The van der Waals surface area contributed by atoms with Gasteiger partial charge in [-0.3, -0.25) is 4.79 Å². The van der Waals surface area contributed by atoms with Crippen molar-refractivity contribution in [3.63, 3.8) is 0 Å². The van der Waals surface area contributed by atoms with E-state index in [2.05, 4.69) is 15.6 Å². The molecule has 1 saturated heterocycles. The summed E-state index contributed by atoms with van der Waals surface area (Å²) in [4.78, 5) is 15.6. The molecule has 0 spiro atoms. The van der Waals surface area contributed by atoms with Gasteiger partial charge in [0, 0.05) is 19.0 Å². The van der Waals surface area contributed by atoms with Crippen LogP contribution in [0.4, 0.5) is 6.01 Å². The minimum atomic E-state index is 0.122. The van der Waals surface area contributed by atoms with Gasteiger partial charge in [-0.15, -0.1) is 0 Å². The average molecular weight is 245 g/mol. The number of hydrogen-bond acceptors (Lipinski definition) is 4. The zero-order valence-electron chi connectivity index (χ0n) is 9.98. The van der Waals surface area contributed by atoms with Crippen LogP contribution in [0.3, 0.4) is 0 Å². The molecule has 18 heavy (non-hydrogen) atoms. The normalized spacial score (nSPS) is 20.4. The third kappa shape index (κ3) is 2.30. The molecule has 1 atom stereocenters. The molecule has 5 heteroatoms. The molecule has 3 rings (SSSR count). The Bertz CT molecular complexity index is 531. The lowest BCUT2D eigenvalue weighted by Gasteiger charge is -2.12. The van der Waals surface area contributed by atoms with E-state index in [0.29, 0.717) is 19.0 Å². The van der Waals surface area contributed by atoms with Crippen molar-refractivity contribution >= 4 is 23.0 Å². The number of oxazole rings is 1. The number of carbonyl (C=O) groups excluding carboxylic acids is 1. The Balaban J connectivity index is 1.73. The third-order valence-corrected chi connectivity index (χ3v) is 3.16. The zero-order chi connectivity index (χ0) is 12.4. The lowest BCUT2D eigenvalue weighted by molar-refractivity contribution is -0.120. The topological polar surface area (TPSA) is 67.2 Å². The molecular formula is C13H15N3O2. The summed E-state index contributed by atoms with van der Waals surface area (Å²) >= 11 is 0. The number of nitrogens with one attached hydrogen (secondary N) is 2. The van der Waals surface area contributed by atoms with Gasteiger partial charge in [-0.25, -0.2) is 0 Å². The number of hydrogen-bond donors (Lipinski definition) is 2. The van der Waals surface area contributed by atoms with Crippen molar-refractivity contribution in [2.24, 2.45) is 0 Å². The van der Waals surface area contributed by atoms with Crippen molar-refractivity contribution in [2.45, 2.75) is 25.3 Å². The maximum absolute atomic E-state index is 11.2. The molecule has 1 aliphatic rings. The molecular weight excluding hydrogens is 230 g/mol. The fourth-order valence-corrected chi connectivity index (χ4v) is 2.18. The van der Waals surface area contributed by atoms with Crippen LogP contribution in [-0.2, 0) is 4.79 Å². The maximum Gasteiger partial charge on any atom is 0.295 e. The summed E-state index contributed by atoms with van der Waals surface area (Å²) in [5, 5.41) is 6.12. The fraction of sp³-hybridized carbons (Fsp3) is 0.385. The van der Waals surface area contributed by atoms with E-state index in [1.807, 2.05) is 24.3 Å². The zero-order valence-corrected chi connectivity index (χ0v) is 9.98. The number of anilines is 1. The highest BCUT2D eigenvalue weighted by atomic mass is 16.4. The summed E-state index contributed by atoms with van der Waals surface area (Å²) in [5.41, 5.74) is 1.63. The fourth-order valence-electron chi connectivity index (χ4n) is 2.18. The molecule has 1 aromatic carbocycles. The smallest absolute Gasteiger partial charge is 0.295 e. The maximum atomic E-state index is 11.2. The van der Waals surface area contributed by atoms with E-state index < -0.39 is 0 Å². The second-order valence-corrected chi connectivity index (χ2v) is 4.51. The Morgan fingerprint density at radius 2 is 2.22 bits per heavy atom. The molecule has 1 aliphatic heterocycles. The molecule has 2 N–H and O–H groups in total. The average Bonchev–Trinajstić information content (AvgIpc) is 2.66. The minimum Gasteiger partial charge on any atom is -0.424 e. The Kier molecular flexibility index (Phi) is 2.88. The van der Waals surface area contributed by atoms with Gasteiger partial charge in [0.25, 0.3) is 6.01 Å². The predicted octanol–water partition coefficient (Wildman–Crippen LogP) is 1.91. The molecule has 0 radical (unpaired) electrons.